The number of amides is 1. The number of fused-ring (bicyclic) bond motifs is 1. The lowest BCUT2D eigenvalue weighted by atomic mass is 9.93. The van der Waals surface area contributed by atoms with Gasteiger partial charge in [-0.25, -0.2) is 0 Å². The average molecular weight is 453 g/mol. The second kappa shape index (κ2) is 8.23. The summed E-state index contributed by atoms with van der Waals surface area (Å²) in [5, 5.41) is 11.7. The molecule has 1 N–H and O–H groups in total. The van der Waals surface area contributed by atoms with Gasteiger partial charge in [0, 0.05) is 11.1 Å². The Morgan fingerprint density at radius 1 is 1.00 bits per heavy atom. The van der Waals surface area contributed by atoms with E-state index >= 15 is 0 Å². The Labute approximate surface area is 196 Å². The third kappa shape index (κ3) is 3.35. The van der Waals surface area contributed by atoms with Gasteiger partial charge in [-0.05, 0) is 43.2 Å². The number of aliphatic hydroxyl groups is 1. The van der Waals surface area contributed by atoms with Gasteiger partial charge in [0.2, 0.25) is 5.78 Å². The molecule has 5 rings (SSSR count). The standard InChI is InChI=1S/C28H23NO5/c1-16-8-6-10-18(14-16)24-23(26(31)28(32)29(24)20-12-5-4-9-17(20)2)25(30)22-15-19-11-7-13-21(33-3)27(19)34-22/h4-15,24,31H,1-3H3. The van der Waals surface area contributed by atoms with Crippen LogP contribution in [0.15, 0.2) is 88.5 Å². The van der Waals surface area contributed by atoms with Crippen LogP contribution in [0.3, 0.4) is 0 Å². The number of carbonyl (C=O) groups is 2. The van der Waals surface area contributed by atoms with E-state index < -0.39 is 23.5 Å². The summed E-state index contributed by atoms with van der Waals surface area (Å²) in [7, 11) is 1.52. The molecule has 1 unspecified atom stereocenters. The monoisotopic (exact) mass is 453 g/mol. The summed E-state index contributed by atoms with van der Waals surface area (Å²) in [6, 6.07) is 21.1. The predicted molar refractivity (Wildman–Crippen MR) is 129 cm³/mol. The Hall–Kier alpha value is -4.32. The number of aryl methyl sites for hydroxylation is 2. The van der Waals surface area contributed by atoms with Crippen LogP contribution in [-0.4, -0.2) is 23.9 Å². The highest BCUT2D eigenvalue weighted by Crippen LogP contribution is 2.43. The molecule has 3 aromatic carbocycles. The lowest BCUT2D eigenvalue weighted by Gasteiger charge is -2.28. The van der Waals surface area contributed by atoms with Crippen molar-refractivity contribution in [1.82, 2.24) is 0 Å². The molecule has 0 saturated heterocycles. The van der Waals surface area contributed by atoms with E-state index in [1.807, 2.05) is 68.4 Å². The largest absolute Gasteiger partial charge is 0.503 e. The molecule has 0 aliphatic carbocycles. The highest BCUT2D eigenvalue weighted by molar-refractivity contribution is 6.21. The zero-order valence-corrected chi connectivity index (χ0v) is 19.0. The van der Waals surface area contributed by atoms with E-state index in [2.05, 4.69) is 0 Å². The van der Waals surface area contributed by atoms with E-state index in [4.69, 9.17) is 9.15 Å². The second-order valence-corrected chi connectivity index (χ2v) is 8.36. The number of hydrogen-bond acceptors (Lipinski definition) is 5. The van der Waals surface area contributed by atoms with Crippen LogP contribution in [0.2, 0.25) is 0 Å². The molecule has 6 heteroatoms. The van der Waals surface area contributed by atoms with Gasteiger partial charge < -0.3 is 14.3 Å². The fraction of sp³-hybridized carbons (Fsp3) is 0.143. The van der Waals surface area contributed by atoms with Crippen LogP contribution in [-0.2, 0) is 4.79 Å². The zero-order valence-electron chi connectivity index (χ0n) is 19.0. The molecule has 1 aliphatic heterocycles. The first-order valence-corrected chi connectivity index (χ1v) is 10.9. The summed E-state index contributed by atoms with van der Waals surface area (Å²) in [4.78, 5) is 28.6. The molecule has 0 saturated carbocycles. The van der Waals surface area contributed by atoms with Crippen molar-refractivity contribution in [3.05, 3.63) is 107 Å². The second-order valence-electron chi connectivity index (χ2n) is 8.36. The maximum Gasteiger partial charge on any atom is 0.294 e. The Morgan fingerprint density at radius 2 is 1.76 bits per heavy atom. The average Bonchev–Trinajstić information content (AvgIpc) is 3.38. The number of carbonyl (C=O) groups excluding carboxylic acids is 2. The van der Waals surface area contributed by atoms with Crippen molar-refractivity contribution in [2.45, 2.75) is 19.9 Å². The summed E-state index contributed by atoms with van der Waals surface area (Å²) in [6.45, 7) is 3.83. The number of nitrogens with zero attached hydrogens (tertiary/aromatic N) is 1. The van der Waals surface area contributed by atoms with Crippen molar-refractivity contribution in [1.29, 1.82) is 0 Å². The number of ketones is 1. The van der Waals surface area contributed by atoms with E-state index in [1.165, 1.54) is 12.0 Å². The van der Waals surface area contributed by atoms with E-state index in [0.29, 0.717) is 22.4 Å². The predicted octanol–water partition coefficient (Wildman–Crippen LogP) is 5.84. The molecule has 1 aliphatic rings. The third-order valence-corrected chi connectivity index (χ3v) is 6.14. The minimum Gasteiger partial charge on any atom is -0.503 e. The van der Waals surface area contributed by atoms with Crippen molar-refractivity contribution < 1.29 is 23.8 Å². The number of Topliss-reactive ketones (excluding diaryl/α,β-unsaturated/α-hetero) is 1. The third-order valence-electron chi connectivity index (χ3n) is 6.14. The van der Waals surface area contributed by atoms with Gasteiger partial charge in [0.15, 0.2) is 22.9 Å². The van der Waals surface area contributed by atoms with E-state index in [9.17, 15) is 14.7 Å². The van der Waals surface area contributed by atoms with Gasteiger partial charge in [-0.15, -0.1) is 0 Å². The number of aliphatic hydroxyl groups excluding tert-OH is 1. The highest BCUT2D eigenvalue weighted by Gasteiger charge is 2.45. The molecule has 0 bridgehead atoms. The van der Waals surface area contributed by atoms with Crippen LogP contribution < -0.4 is 9.64 Å². The summed E-state index contributed by atoms with van der Waals surface area (Å²) >= 11 is 0. The molecule has 4 aromatic rings. The normalized spacial score (nSPS) is 15.9. The molecule has 0 spiro atoms. The quantitative estimate of drug-likeness (QED) is 0.384. The first-order valence-electron chi connectivity index (χ1n) is 10.9. The molecule has 0 fully saturated rings. The Kier molecular flexibility index (Phi) is 5.21. The summed E-state index contributed by atoms with van der Waals surface area (Å²) < 4.78 is 11.2. The summed E-state index contributed by atoms with van der Waals surface area (Å²) in [5.41, 5.74) is 3.58. The van der Waals surface area contributed by atoms with Crippen LogP contribution in [0.25, 0.3) is 11.0 Å². The molecule has 2 heterocycles. The molecule has 1 atom stereocenters. The smallest absolute Gasteiger partial charge is 0.294 e. The van der Waals surface area contributed by atoms with Crippen molar-refractivity contribution in [3.8, 4) is 5.75 Å². The lowest BCUT2D eigenvalue weighted by Crippen LogP contribution is -2.31. The summed E-state index contributed by atoms with van der Waals surface area (Å²) in [5.74, 6) is -1.23. The topological polar surface area (TPSA) is 80.0 Å². The van der Waals surface area contributed by atoms with Crippen molar-refractivity contribution in [2.75, 3.05) is 12.0 Å². The Balaban J connectivity index is 1.69. The van der Waals surface area contributed by atoms with Crippen LogP contribution in [0.5, 0.6) is 5.75 Å². The maximum atomic E-state index is 13.8. The van der Waals surface area contributed by atoms with Gasteiger partial charge in [-0.2, -0.15) is 0 Å². The zero-order chi connectivity index (χ0) is 24.0. The number of furan rings is 1. The molecule has 6 nitrogen and oxygen atoms in total. The molecule has 1 amide bonds. The first-order chi connectivity index (χ1) is 16.4. The maximum absolute atomic E-state index is 13.8. The van der Waals surface area contributed by atoms with Crippen LogP contribution in [0, 0.1) is 13.8 Å². The molecule has 34 heavy (non-hydrogen) atoms. The lowest BCUT2D eigenvalue weighted by molar-refractivity contribution is -0.117. The SMILES string of the molecule is COc1cccc2cc(C(=O)C3=C(O)C(=O)N(c4ccccc4C)C3c3cccc(C)c3)oc12. The fourth-order valence-electron chi connectivity index (χ4n) is 4.52. The van der Waals surface area contributed by atoms with Gasteiger partial charge in [0.25, 0.3) is 5.91 Å². The van der Waals surface area contributed by atoms with Crippen molar-refractivity contribution in [3.63, 3.8) is 0 Å². The van der Waals surface area contributed by atoms with Gasteiger partial charge in [0.1, 0.15) is 0 Å². The van der Waals surface area contributed by atoms with Gasteiger partial charge in [0.05, 0.1) is 18.7 Å². The van der Waals surface area contributed by atoms with Crippen LogP contribution >= 0.6 is 0 Å². The molecule has 0 radical (unpaired) electrons. The van der Waals surface area contributed by atoms with Gasteiger partial charge in [-0.1, -0.05) is 60.2 Å². The minimum absolute atomic E-state index is 0.0168. The van der Waals surface area contributed by atoms with Crippen molar-refractivity contribution >= 4 is 28.3 Å². The van der Waals surface area contributed by atoms with E-state index in [-0.39, 0.29) is 11.3 Å². The number of ether oxygens (including phenoxy) is 1. The highest BCUT2D eigenvalue weighted by atomic mass is 16.5. The van der Waals surface area contributed by atoms with Gasteiger partial charge in [-0.3, -0.25) is 14.5 Å². The number of anilines is 1. The molecule has 1 aromatic heterocycles. The number of methoxy groups -OCH3 is 1. The first kappa shape index (κ1) is 21.5. The molecule has 170 valence electrons. The fourth-order valence-corrected chi connectivity index (χ4v) is 4.52. The molecular weight excluding hydrogens is 430 g/mol. The van der Waals surface area contributed by atoms with E-state index in [1.54, 1.807) is 18.2 Å². The molecular formula is C28H23NO5. The number of hydrogen-bond donors (Lipinski definition) is 1. The van der Waals surface area contributed by atoms with Crippen LogP contribution in [0.1, 0.15) is 33.3 Å². The van der Waals surface area contributed by atoms with E-state index in [0.717, 1.165) is 16.7 Å². The van der Waals surface area contributed by atoms with Gasteiger partial charge >= 0.3 is 0 Å². The number of para-hydroxylation sites is 2. The minimum atomic E-state index is -0.809. The summed E-state index contributed by atoms with van der Waals surface area (Å²) in [6.07, 6.45) is 0. The Bertz CT molecular complexity index is 1480. The Morgan fingerprint density at radius 3 is 2.50 bits per heavy atom. The number of benzene rings is 3. The van der Waals surface area contributed by atoms with Crippen LogP contribution in [0.4, 0.5) is 5.69 Å². The van der Waals surface area contributed by atoms with Crippen molar-refractivity contribution in [2.24, 2.45) is 0 Å². The number of rotatable bonds is 5.